The first-order valence-electron chi connectivity index (χ1n) is 6.61. The van der Waals surface area contributed by atoms with Crippen molar-refractivity contribution in [3.05, 3.63) is 24.3 Å². The second-order valence-electron chi connectivity index (χ2n) is 4.46. The van der Waals surface area contributed by atoms with Crippen molar-refractivity contribution in [2.75, 3.05) is 28.4 Å². The predicted octanol–water partition coefficient (Wildman–Crippen LogP) is 1.95. The van der Waals surface area contributed by atoms with Crippen LogP contribution in [0.2, 0.25) is 0 Å². The summed E-state index contributed by atoms with van der Waals surface area (Å²) in [6, 6.07) is 7.55. The second-order valence-corrected chi connectivity index (χ2v) is 8.41. The number of methoxy groups -OCH3 is 4. The molecule has 124 valence electrons. The third-order valence-electron chi connectivity index (χ3n) is 3.09. The zero-order valence-corrected chi connectivity index (χ0v) is 17.4. The summed E-state index contributed by atoms with van der Waals surface area (Å²) in [6.07, 6.45) is 0. The Kier molecular flexibility index (Phi) is 6.66. The number of thiol groups is 2. The van der Waals surface area contributed by atoms with E-state index < -0.39 is 20.9 Å². The van der Waals surface area contributed by atoms with Crippen molar-refractivity contribution < 1.29 is 18.9 Å². The molecule has 4 nitrogen and oxygen atoms in total. The molecule has 0 aromatic heterocycles. The van der Waals surface area contributed by atoms with E-state index in [1.54, 1.807) is 28.4 Å². The monoisotopic (exact) mass is 468 g/mol. The Labute approximate surface area is 157 Å². The maximum absolute atomic E-state index is 5.52. The van der Waals surface area contributed by atoms with E-state index in [0.717, 1.165) is 40.0 Å². The summed E-state index contributed by atoms with van der Waals surface area (Å²) >= 11 is 7.89. The van der Waals surface area contributed by atoms with Crippen molar-refractivity contribution in [1.82, 2.24) is 0 Å². The van der Waals surface area contributed by atoms with Crippen LogP contribution in [-0.2, 0) is 0 Å². The van der Waals surface area contributed by atoms with Crippen molar-refractivity contribution in [1.29, 1.82) is 0 Å². The third-order valence-corrected chi connectivity index (χ3v) is 7.07. The number of ether oxygens (including phenoxy) is 4. The van der Waals surface area contributed by atoms with Gasteiger partial charge in [0.05, 0.1) is 0 Å². The molecule has 0 radical (unpaired) electrons. The second kappa shape index (κ2) is 8.29. The van der Waals surface area contributed by atoms with Crippen LogP contribution < -0.4 is 26.2 Å². The van der Waals surface area contributed by atoms with Crippen LogP contribution in [-0.4, -0.2) is 49.4 Å². The summed E-state index contributed by atoms with van der Waals surface area (Å²) in [4.78, 5) is 1.58. The minimum atomic E-state index is -0.896. The summed E-state index contributed by atoms with van der Waals surface area (Å²) < 4.78 is 24.1. The van der Waals surface area contributed by atoms with E-state index in [2.05, 4.69) is 25.3 Å². The van der Waals surface area contributed by atoms with Crippen LogP contribution >= 0.6 is 25.3 Å². The quantitative estimate of drug-likeness (QED) is 0.505. The van der Waals surface area contributed by atoms with Crippen molar-refractivity contribution in [2.45, 2.75) is 9.79 Å². The topological polar surface area (TPSA) is 36.9 Å². The van der Waals surface area contributed by atoms with E-state index in [4.69, 9.17) is 18.9 Å². The molecule has 0 saturated carbocycles. The molecule has 0 spiro atoms. The Bertz CT molecular complexity index is 597. The van der Waals surface area contributed by atoms with Crippen LogP contribution in [0.5, 0.6) is 23.0 Å². The molecule has 0 aliphatic carbocycles. The Balaban J connectivity index is 2.59. The molecule has 23 heavy (non-hydrogen) atoms. The molecule has 0 saturated heterocycles. The Hall–Kier alpha value is -0.870. The van der Waals surface area contributed by atoms with Crippen molar-refractivity contribution in [3.63, 3.8) is 0 Å². The molecule has 0 aliphatic heterocycles. The van der Waals surface area contributed by atoms with Crippen LogP contribution in [0.15, 0.2) is 34.1 Å². The summed E-state index contributed by atoms with van der Waals surface area (Å²) in [7, 11) is 6.57. The van der Waals surface area contributed by atoms with E-state index in [0.29, 0.717) is 0 Å². The first-order valence-corrected chi connectivity index (χ1v) is 9.84. The zero-order chi connectivity index (χ0) is 17.0. The molecular formula is C16H18O4S2Te. The third kappa shape index (κ3) is 4.16. The maximum atomic E-state index is 5.52. The van der Waals surface area contributed by atoms with Crippen molar-refractivity contribution in [2.24, 2.45) is 0 Å². The van der Waals surface area contributed by atoms with Gasteiger partial charge in [-0.15, -0.1) is 0 Å². The molecule has 0 atom stereocenters. The summed E-state index contributed by atoms with van der Waals surface area (Å²) in [5.74, 6) is 3.04. The Morgan fingerprint density at radius 2 is 0.870 bits per heavy atom. The predicted molar refractivity (Wildman–Crippen MR) is 98.6 cm³/mol. The van der Waals surface area contributed by atoms with Gasteiger partial charge < -0.3 is 0 Å². The SMILES string of the molecule is COc1cc(S)cc(OC)c1[Te]c1c(OC)cc(S)cc1OC. The zero-order valence-electron chi connectivity index (χ0n) is 13.2. The van der Waals surface area contributed by atoms with E-state index in [-0.39, 0.29) is 0 Å². The van der Waals surface area contributed by atoms with Gasteiger partial charge >= 0.3 is 158 Å². The normalized spacial score (nSPS) is 10.3. The molecule has 2 aromatic rings. The minimum absolute atomic E-state index is 0.760. The first kappa shape index (κ1) is 18.5. The molecule has 2 rings (SSSR count). The van der Waals surface area contributed by atoms with Gasteiger partial charge in [-0.05, 0) is 0 Å². The molecule has 0 heterocycles. The van der Waals surface area contributed by atoms with Gasteiger partial charge in [-0.3, -0.25) is 0 Å². The Morgan fingerprint density at radius 1 is 0.609 bits per heavy atom. The average molecular weight is 466 g/mol. The van der Waals surface area contributed by atoms with Gasteiger partial charge in [0.25, 0.3) is 0 Å². The molecule has 0 N–H and O–H groups in total. The van der Waals surface area contributed by atoms with Gasteiger partial charge in [-0.2, -0.15) is 0 Å². The van der Waals surface area contributed by atoms with E-state index >= 15 is 0 Å². The van der Waals surface area contributed by atoms with Crippen molar-refractivity contribution in [3.8, 4) is 23.0 Å². The molecule has 2 aromatic carbocycles. The average Bonchev–Trinajstić information content (AvgIpc) is 2.56. The van der Waals surface area contributed by atoms with Gasteiger partial charge in [0.15, 0.2) is 0 Å². The molecule has 0 bridgehead atoms. The van der Waals surface area contributed by atoms with Crippen LogP contribution in [0.1, 0.15) is 0 Å². The van der Waals surface area contributed by atoms with Gasteiger partial charge in [0.1, 0.15) is 0 Å². The summed E-state index contributed by atoms with van der Waals surface area (Å²) in [6.45, 7) is 0. The van der Waals surface area contributed by atoms with Crippen LogP contribution in [0.4, 0.5) is 0 Å². The molecule has 0 aliphatic rings. The van der Waals surface area contributed by atoms with E-state index in [1.165, 1.54) is 0 Å². The fourth-order valence-corrected chi connectivity index (χ4v) is 5.86. The van der Waals surface area contributed by atoms with Gasteiger partial charge in [0, 0.05) is 0 Å². The fraction of sp³-hybridized carbons (Fsp3) is 0.250. The van der Waals surface area contributed by atoms with E-state index in [9.17, 15) is 0 Å². The molecule has 0 amide bonds. The fourth-order valence-electron chi connectivity index (χ4n) is 2.04. The molecule has 7 heteroatoms. The van der Waals surface area contributed by atoms with E-state index in [1.807, 2.05) is 24.3 Å². The molecule has 0 fully saturated rings. The van der Waals surface area contributed by atoms with Crippen LogP contribution in [0.3, 0.4) is 0 Å². The number of rotatable bonds is 6. The van der Waals surface area contributed by atoms with Crippen molar-refractivity contribution >= 4 is 53.4 Å². The van der Waals surface area contributed by atoms with Gasteiger partial charge in [0.2, 0.25) is 0 Å². The first-order chi connectivity index (χ1) is 11.0. The van der Waals surface area contributed by atoms with Crippen LogP contribution in [0.25, 0.3) is 0 Å². The van der Waals surface area contributed by atoms with Gasteiger partial charge in [-0.25, -0.2) is 0 Å². The standard InChI is InChI=1S/C16H18O4S2Te/c1-17-11-5-9(21)6-12(18-2)15(11)23-16-13(19-3)7-10(22)8-14(16)20-4/h5-8,21-22H,1-4H3. The Morgan fingerprint density at radius 3 is 1.09 bits per heavy atom. The number of benzene rings is 2. The number of hydrogen-bond acceptors (Lipinski definition) is 6. The van der Waals surface area contributed by atoms with Crippen LogP contribution in [0, 0.1) is 0 Å². The summed E-state index contributed by atoms with van der Waals surface area (Å²) in [5.41, 5.74) is 0. The van der Waals surface area contributed by atoms with Gasteiger partial charge in [-0.1, -0.05) is 0 Å². The summed E-state index contributed by atoms with van der Waals surface area (Å²) in [5, 5.41) is 0. The number of hydrogen-bond donors (Lipinski definition) is 2. The molecular weight excluding hydrogens is 448 g/mol. The molecule has 0 unspecified atom stereocenters.